The average Bonchev–Trinajstić information content (AvgIpc) is 0.679. The molecule has 33 atom stereocenters. The minimum Gasteiger partial charge on any atom is -0.432 e. The van der Waals surface area contributed by atoms with E-state index in [9.17, 15) is 81.7 Å². The zero-order valence-corrected chi connectivity index (χ0v) is 50.0. The molecule has 10 aliphatic rings. The molecule has 0 unspecified atom stereocenters. The number of carbonyl (C=O) groups excluding carboxylic acids is 1. The molecule has 5 saturated heterocycles. The van der Waals surface area contributed by atoms with Crippen molar-refractivity contribution in [3.8, 4) is 0 Å². The Morgan fingerprint density at radius 2 is 1.14 bits per heavy atom. The van der Waals surface area contributed by atoms with Crippen molar-refractivity contribution in [2.24, 2.45) is 50.2 Å². The molecule has 0 aromatic carbocycles. The molecular formula is C59H96O27. The topological polar surface area (TPSA) is 433 Å². The van der Waals surface area contributed by atoms with Gasteiger partial charge in [-0.25, -0.2) is 0 Å². The molecule has 0 aromatic heterocycles. The van der Waals surface area contributed by atoms with Gasteiger partial charge in [-0.2, -0.15) is 0 Å². The number of allylic oxidation sites excluding steroid dienone is 2. The summed E-state index contributed by atoms with van der Waals surface area (Å²) in [5.41, 5.74) is -2.06. The first-order valence-corrected chi connectivity index (χ1v) is 30.8. The number of fused-ring (bicyclic) bond motifs is 7. The summed E-state index contributed by atoms with van der Waals surface area (Å²) < 4.78 is 59.2. The molecule has 494 valence electrons. The Labute approximate surface area is 499 Å². The number of rotatable bonds is 14. The highest BCUT2D eigenvalue weighted by molar-refractivity contribution is 5.79. The van der Waals surface area contributed by atoms with Crippen LogP contribution >= 0.6 is 0 Å². The molecule has 9 fully saturated rings. The zero-order valence-electron chi connectivity index (χ0n) is 50.0. The van der Waals surface area contributed by atoms with Crippen LogP contribution in [-0.2, 0) is 52.2 Å². The van der Waals surface area contributed by atoms with E-state index in [1.54, 1.807) is 0 Å². The van der Waals surface area contributed by atoms with E-state index in [1.165, 1.54) is 12.5 Å². The van der Waals surface area contributed by atoms with Crippen LogP contribution in [0.5, 0.6) is 0 Å². The maximum absolute atomic E-state index is 15.2. The predicted molar refractivity (Wildman–Crippen MR) is 289 cm³/mol. The maximum Gasteiger partial charge on any atom is 0.315 e. The van der Waals surface area contributed by atoms with Crippen LogP contribution in [0.25, 0.3) is 0 Å². The van der Waals surface area contributed by atoms with E-state index in [0.717, 1.165) is 6.42 Å². The first kappa shape index (κ1) is 67.1. The fourth-order valence-corrected chi connectivity index (χ4v) is 17.6. The number of aliphatic hydroxyl groups is 16. The molecule has 0 spiro atoms. The number of carbonyl (C=O) groups is 1. The Morgan fingerprint density at radius 1 is 0.558 bits per heavy atom. The van der Waals surface area contributed by atoms with Gasteiger partial charge < -0.3 is 129 Å². The van der Waals surface area contributed by atoms with Crippen molar-refractivity contribution >= 4 is 5.97 Å². The van der Waals surface area contributed by atoms with Crippen LogP contribution < -0.4 is 0 Å². The number of hydrogen-bond acceptors (Lipinski definition) is 27. The van der Waals surface area contributed by atoms with Gasteiger partial charge in [-0.3, -0.25) is 4.79 Å². The molecule has 5 aliphatic carbocycles. The number of ether oxygens (including phenoxy) is 10. The van der Waals surface area contributed by atoms with E-state index in [1.807, 2.05) is 6.92 Å². The third kappa shape index (κ3) is 11.2. The monoisotopic (exact) mass is 1240 g/mol. The third-order valence-corrected chi connectivity index (χ3v) is 23.2. The van der Waals surface area contributed by atoms with Crippen LogP contribution in [-0.4, -0.2) is 274 Å². The predicted octanol–water partition coefficient (Wildman–Crippen LogP) is -3.57. The minimum absolute atomic E-state index is 0.0953. The Kier molecular flexibility index (Phi) is 19.4. The lowest BCUT2D eigenvalue weighted by atomic mass is 9.33. The minimum atomic E-state index is -1.91. The summed E-state index contributed by atoms with van der Waals surface area (Å²) in [6.07, 6.45) is -31.2. The van der Waals surface area contributed by atoms with Crippen molar-refractivity contribution in [2.45, 2.75) is 266 Å². The molecule has 5 heterocycles. The van der Waals surface area contributed by atoms with Crippen molar-refractivity contribution < 1.29 is 134 Å². The Balaban J connectivity index is 0.833. The van der Waals surface area contributed by atoms with Crippen LogP contribution in [0.3, 0.4) is 0 Å². The molecular weight excluding hydrogens is 1140 g/mol. The molecule has 0 amide bonds. The molecule has 5 aliphatic heterocycles. The summed E-state index contributed by atoms with van der Waals surface area (Å²) >= 11 is 0. The van der Waals surface area contributed by atoms with Gasteiger partial charge in [0.15, 0.2) is 25.2 Å². The first-order chi connectivity index (χ1) is 40.4. The van der Waals surface area contributed by atoms with E-state index in [-0.39, 0.29) is 47.2 Å². The van der Waals surface area contributed by atoms with Crippen LogP contribution in [0.2, 0.25) is 0 Å². The van der Waals surface area contributed by atoms with Gasteiger partial charge in [-0.1, -0.05) is 53.2 Å². The molecule has 16 N–H and O–H groups in total. The maximum atomic E-state index is 15.2. The van der Waals surface area contributed by atoms with E-state index in [2.05, 4.69) is 40.7 Å². The quantitative estimate of drug-likeness (QED) is 0.0454. The van der Waals surface area contributed by atoms with E-state index < -0.39 is 196 Å². The Morgan fingerprint density at radius 3 is 1.80 bits per heavy atom. The van der Waals surface area contributed by atoms with Gasteiger partial charge in [-0.05, 0) is 111 Å². The smallest absolute Gasteiger partial charge is 0.315 e. The standard InChI is InChI=1S/C59H96O27/c1-24-34(64)38(68)42(72)49(79-24)84-46-29(20-61)81-48(45(75)41(46)71)78-22-30-37(67)40(70)44(74)51(82-30)86-53(76)59-16-14-54(2,3)18-26(59)25-8-9-32-55(4)12-11-33(56(5,23-62)31(55)10-13-58(32,7)57(25,6)15-17-59)83-52-47(35(65)27(63)21-77-52)85-50-43(73)39(69)36(66)28(19-60)80-50/h8,24,26-52,60-75H,9-23H2,1-7H3/t24-,26-,27-,28+,29+,30+,31+,32+,33-,34-,35-,36+,37+,38+,39-,40-,41+,42+,43+,44+,45+,46+,47+,48+,49-,50-,51-,52-,55-,56-,57+,58+,59-/m0/s1. The molecule has 86 heavy (non-hydrogen) atoms. The zero-order chi connectivity index (χ0) is 62.7. The van der Waals surface area contributed by atoms with Crippen molar-refractivity contribution in [1.82, 2.24) is 0 Å². The largest absolute Gasteiger partial charge is 0.432 e. The van der Waals surface area contributed by atoms with Gasteiger partial charge in [0.1, 0.15) is 110 Å². The summed E-state index contributed by atoms with van der Waals surface area (Å²) in [5.74, 6) is -0.933. The van der Waals surface area contributed by atoms with E-state index >= 15 is 4.79 Å². The number of hydrogen-bond donors (Lipinski definition) is 16. The van der Waals surface area contributed by atoms with Crippen LogP contribution in [0.1, 0.15) is 113 Å². The fraction of sp³-hybridized carbons (Fsp3) is 0.949. The van der Waals surface area contributed by atoms with Crippen LogP contribution in [0.15, 0.2) is 11.6 Å². The second-order valence-electron chi connectivity index (χ2n) is 28.5. The summed E-state index contributed by atoms with van der Waals surface area (Å²) in [6, 6.07) is 0. The van der Waals surface area contributed by atoms with Crippen molar-refractivity contribution in [3.63, 3.8) is 0 Å². The van der Waals surface area contributed by atoms with Crippen LogP contribution in [0.4, 0.5) is 0 Å². The number of esters is 1. The van der Waals surface area contributed by atoms with Gasteiger partial charge >= 0.3 is 5.97 Å². The molecule has 10 rings (SSSR count). The molecule has 27 heteroatoms. The highest BCUT2D eigenvalue weighted by Gasteiger charge is 2.71. The molecule has 0 radical (unpaired) electrons. The fourth-order valence-electron chi connectivity index (χ4n) is 17.6. The average molecular weight is 1240 g/mol. The molecule has 0 aromatic rings. The highest BCUT2D eigenvalue weighted by Crippen LogP contribution is 2.76. The van der Waals surface area contributed by atoms with Gasteiger partial charge in [0.2, 0.25) is 6.29 Å². The van der Waals surface area contributed by atoms with Gasteiger partial charge in [0.05, 0.1) is 50.7 Å². The highest BCUT2D eigenvalue weighted by atomic mass is 16.8. The molecule has 27 nitrogen and oxygen atoms in total. The second-order valence-corrected chi connectivity index (χ2v) is 28.5. The Bertz CT molecular complexity index is 2380. The van der Waals surface area contributed by atoms with E-state index in [0.29, 0.717) is 57.8 Å². The lowest BCUT2D eigenvalue weighted by molar-refractivity contribution is -0.368. The summed E-state index contributed by atoms with van der Waals surface area (Å²) in [7, 11) is 0. The lowest BCUT2D eigenvalue weighted by Gasteiger charge is -2.71. The number of aliphatic hydroxyl groups excluding tert-OH is 16. The summed E-state index contributed by atoms with van der Waals surface area (Å²) in [4.78, 5) is 15.2. The van der Waals surface area contributed by atoms with Crippen LogP contribution in [0, 0.1) is 50.2 Å². The van der Waals surface area contributed by atoms with Gasteiger partial charge in [-0.15, -0.1) is 0 Å². The van der Waals surface area contributed by atoms with Crippen molar-refractivity contribution in [2.75, 3.05) is 33.0 Å². The van der Waals surface area contributed by atoms with Gasteiger partial charge in [0, 0.05) is 5.41 Å². The van der Waals surface area contributed by atoms with Gasteiger partial charge in [0.25, 0.3) is 0 Å². The summed E-state index contributed by atoms with van der Waals surface area (Å²) in [6.45, 7) is 12.0. The Hall–Kier alpha value is -1.79. The van der Waals surface area contributed by atoms with E-state index in [4.69, 9.17) is 47.4 Å². The first-order valence-electron chi connectivity index (χ1n) is 30.8. The normalized spacial score (nSPS) is 54.8. The van der Waals surface area contributed by atoms with Crippen molar-refractivity contribution in [3.05, 3.63) is 11.6 Å². The third-order valence-electron chi connectivity index (χ3n) is 23.2. The second kappa shape index (κ2) is 24.9. The SMILES string of the molecule is C[C@@H]1O[C@@H](O[C@H]2[C@H](O)[C@@H](O)[C@H](OC[C@H]3O[C@@H](OC(=O)[C@]45CCC(C)(C)C[C@H]4C4=CC[C@@H]6[C@@]7(C)CC[C@H](O[C@@H]8OC[C@H](O)[C@H](O)[C@H]8O[C@@H]8O[C@H](CO)[C@@H](O)[C@H](O)[C@H]8O)[C@@](C)(CO)[C@@H]7CC[C@@]6(C)[C@]4(C)CC5)[C@H](O)[C@@H](O)[C@@H]3O)O[C@@H]2CO)[C@H](O)[C@H](O)[C@H]1O. The lowest BCUT2D eigenvalue weighted by Crippen LogP contribution is -2.67. The summed E-state index contributed by atoms with van der Waals surface area (Å²) in [5, 5.41) is 172. The van der Waals surface area contributed by atoms with Crippen molar-refractivity contribution in [1.29, 1.82) is 0 Å². The molecule has 0 bridgehead atoms. The molecule has 4 saturated carbocycles.